The average Bonchev–Trinajstić information content (AvgIpc) is 3.01. The summed E-state index contributed by atoms with van der Waals surface area (Å²) >= 11 is 1.23. The Morgan fingerprint density at radius 3 is 2.48 bits per heavy atom. The quantitative estimate of drug-likeness (QED) is 0.719. The number of benzene rings is 1. The van der Waals surface area contributed by atoms with Crippen LogP contribution >= 0.6 is 11.3 Å². The van der Waals surface area contributed by atoms with Crippen LogP contribution in [0, 0.1) is 0 Å². The van der Waals surface area contributed by atoms with E-state index >= 15 is 0 Å². The number of carbonyl (C=O) groups excluding carboxylic acids is 2. The molecule has 4 N–H and O–H groups in total. The Morgan fingerprint density at radius 2 is 1.87 bits per heavy atom. The van der Waals surface area contributed by atoms with E-state index in [1.807, 2.05) is 36.4 Å². The number of amides is 2. The van der Waals surface area contributed by atoms with Crippen LogP contribution in [0.3, 0.4) is 0 Å². The van der Waals surface area contributed by atoms with E-state index in [-0.39, 0.29) is 12.8 Å². The van der Waals surface area contributed by atoms with E-state index in [4.69, 9.17) is 10.8 Å². The van der Waals surface area contributed by atoms with E-state index < -0.39 is 23.8 Å². The minimum absolute atomic E-state index is 0.0392. The molecule has 0 aliphatic rings. The molecule has 2 amide bonds. The van der Waals surface area contributed by atoms with Gasteiger partial charge < -0.3 is 16.2 Å². The third-order valence-electron chi connectivity index (χ3n) is 3.24. The number of aliphatic carboxylic acids is 1. The van der Waals surface area contributed by atoms with Crippen molar-refractivity contribution < 1.29 is 19.5 Å². The zero-order valence-electron chi connectivity index (χ0n) is 12.2. The second-order valence-corrected chi connectivity index (χ2v) is 5.81. The van der Waals surface area contributed by atoms with Crippen LogP contribution in [0.25, 0.3) is 11.1 Å². The molecule has 0 spiro atoms. The molecule has 0 saturated carbocycles. The molecule has 23 heavy (non-hydrogen) atoms. The highest BCUT2D eigenvalue weighted by molar-refractivity contribution is 7.12. The number of carboxylic acids is 1. The molecule has 6 nitrogen and oxygen atoms in total. The van der Waals surface area contributed by atoms with Crippen molar-refractivity contribution in [3.05, 3.63) is 46.7 Å². The number of nitrogens with two attached hydrogens (primary N) is 1. The minimum atomic E-state index is -1.20. The number of rotatable bonds is 7. The molecular weight excluding hydrogens is 316 g/mol. The van der Waals surface area contributed by atoms with Crippen LogP contribution in [0.5, 0.6) is 0 Å². The highest BCUT2D eigenvalue weighted by atomic mass is 32.1. The molecule has 1 atom stereocenters. The molecule has 1 heterocycles. The van der Waals surface area contributed by atoms with Gasteiger partial charge in [-0.2, -0.15) is 0 Å². The third kappa shape index (κ3) is 4.40. The molecule has 0 aliphatic heterocycles. The first-order valence-corrected chi connectivity index (χ1v) is 7.82. The molecule has 0 saturated heterocycles. The van der Waals surface area contributed by atoms with Gasteiger partial charge in [0.25, 0.3) is 5.91 Å². The Morgan fingerprint density at radius 1 is 1.17 bits per heavy atom. The fourth-order valence-corrected chi connectivity index (χ4v) is 2.92. The van der Waals surface area contributed by atoms with Gasteiger partial charge in [-0.15, -0.1) is 11.3 Å². The standard InChI is InChI=1S/C16H16N2O4S/c17-13(19)7-6-12(16(21)22)18-15(20)14-11(8-9-23-14)10-4-2-1-3-5-10/h1-5,8-9,12H,6-7H2,(H2,17,19)(H,18,20)(H,21,22)/t12-/m0/s1. The van der Waals surface area contributed by atoms with Crippen LogP contribution in [0.4, 0.5) is 0 Å². The lowest BCUT2D eigenvalue weighted by Gasteiger charge is -2.14. The third-order valence-corrected chi connectivity index (χ3v) is 4.15. The summed E-state index contributed by atoms with van der Waals surface area (Å²) in [6.07, 6.45) is -0.143. The number of nitrogens with one attached hydrogen (secondary N) is 1. The lowest BCUT2D eigenvalue weighted by Crippen LogP contribution is -2.41. The van der Waals surface area contributed by atoms with E-state index in [1.165, 1.54) is 11.3 Å². The van der Waals surface area contributed by atoms with Crippen LogP contribution in [-0.4, -0.2) is 28.9 Å². The monoisotopic (exact) mass is 332 g/mol. The smallest absolute Gasteiger partial charge is 0.326 e. The predicted molar refractivity (Wildman–Crippen MR) is 87.1 cm³/mol. The Hall–Kier alpha value is -2.67. The Balaban J connectivity index is 2.16. The summed E-state index contributed by atoms with van der Waals surface area (Å²) in [6.45, 7) is 0. The fourth-order valence-electron chi connectivity index (χ4n) is 2.10. The van der Waals surface area contributed by atoms with E-state index in [1.54, 1.807) is 5.38 Å². The molecule has 0 bridgehead atoms. The number of carbonyl (C=O) groups is 3. The maximum atomic E-state index is 12.4. The van der Waals surface area contributed by atoms with Gasteiger partial charge in [-0.1, -0.05) is 30.3 Å². The van der Waals surface area contributed by atoms with Crippen LogP contribution in [0.15, 0.2) is 41.8 Å². The molecule has 2 rings (SSSR count). The Bertz CT molecular complexity index is 712. The molecular formula is C16H16N2O4S. The SMILES string of the molecule is NC(=O)CC[C@H](NC(=O)c1sccc1-c1ccccc1)C(=O)O. The lowest BCUT2D eigenvalue weighted by atomic mass is 10.1. The second kappa shape index (κ2) is 7.55. The average molecular weight is 332 g/mol. The molecule has 120 valence electrons. The molecule has 1 aromatic heterocycles. The fraction of sp³-hybridized carbons (Fsp3) is 0.188. The first-order valence-electron chi connectivity index (χ1n) is 6.94. The van der Waals surface area contributed by atoms with Crippen LogP contribution in [-0.2, 0) is 9.59 Å². The van der Waals surface area contributed by atoms with Gasteiger partial charge in [0.1, 0.15) is 6.04 Å². The Kier molecular flexibility index (Phi) is 5.48. The van der Waals surface area contributed by atoms with Gasteiger partial charge in [0.15, 0.2) is 0 Å². The van der Waals surface area contributed by atoms with Crippen molar-refractivity contribution in [2.75, 3.05) is 0 Å². The van der Waals surface area contributed by atoms with E-state index in [0.717, 1.165) is 11.1 Å². The van der Waals surface area contributed by atoms with Crippen molar-refractivity contribution in [3.63, 3.8) is 0 Å². The van der Waals surface area contributed by atoms with Gasteiger partial charge in [-0.05, 0) is 23.4 Å². The van der Waals surface area contributed by atoms with E-state index in [2.05, 4.69) is 5.32 Å². The van der Waals surface area contributed by atoms with E-state index in [9.17, 15) is 14.4 Å². The summed E-state index contributed by atoms with van der Waals surface area (Å²) in [5, 5.41) is 13.4. The van der Waals surface area contributed by atoms with Crippen molar-refractivity contribution in [3.8, 4) is 11.1 Å². The number of carboxylic acid groups (broad SMARTS) is 1. The van der Waals surface area contributed by atoms with Crippen molar-refractivity contribution in [1.29, 1.82) is 0 Å². The zero-order chi connectivity index (χ0) is 16.8. The molecule has 7 heteroatoms. The molecule has 0 fully saturated rings. The maximum Gasteiger partial charge on any atom is 0.326 e. The predicted octanol–water partition coefficient (Wildman–Crippen LogP) is 1.86. The lowest BCUT2D eigenvalue weighted by molar-refractivity contribution is -0.139. The van der Waals surface area contributed by atoms with Gasteiger partial charge in [-0.25, -0.2) is 4.79 Å². The van der Waals surface area contributed by atoms with Crippen LogP contribution in [0.1, 0.15) is 22.5 Å². The topological polar surface area (TPSA) is 109 Å². The zero-order valence-corrected chi connectivity index (χ0v) is 13.0. The number of hydrogen-bond donors (Lipinski definition) is 3. The number of primary amides is 1. The Labute approximate surface area is 136 Å². The molecule has 0 radical (unpaired) electrons. The van der Waals surface area contributed by atoms with Crippen LogP contribution < -0.4 is 11.1 Å². The van der Waals surface area contributed by atoms with Crippen molar-refractivity contribution in [2.45, 2.75) is 18.9 Å². The molecule has 1 aromatic carbocycles. The summed E-state index contributed by atoms with van der Waals surface area (Å²) in [6, 6.07) is 10.0. The molecule has 0 unspecified atom stereocenters. The van der Waals surface area contributed by atoms with Gasteiger partial charge in [0, 0.05) is 12.0 Å². The number of thiophene rings is 1. The minimum Gasteiger partial charge on any atom is -0.480 e. The van der Waals surface area contributed by atoms with E-state index in [0.29, 0.717) is 4.88 Å². The summed E-state index contributed by atoms with van der Waals surface area (Å²) in [4.78, 5) is 34.8. The van der Waals surface area contributed by atoms with Gasteiger partial charge in [0.05, 0.1) is 4.88 Å². The second-order valence-electron chi connectivity index (χ2n) is 4.90. The molecule has 0 aliphatic carbocycles. The van der Waals surface area contributed by atoms with Gasteiger partial charge >= 0.3 is 5.97 Å². The highest BCUT2D eigenvalue weighted by Crippen LogP contribution is 2.28. The van der Waals surface area contributed by atoms with Gasteiger partial charge in [-0.3, -0.25) is 9.59 Å². The summed E-state index contributed by atoms with van der Waals surface area (Å²) < 4.78 is 0. The largest absolute Gasteiger partial charge is 0.480 e. The summed E-state index contributed by atoms with van der Waals surface area (Å²) in [5.74, 6) is -2.28. The highest BCUT2D eigenvalue weighted by Gasteiger charge is 2.23. The van der Waals surface area contributed by atoms with Crippen molar-refractivity contribution in [1.82, 2.24) is 5.32 Å². The first-order chi connectivity index (χ1) is 11.0. The van der Waals surface area contributed by atoms with Crippen LogP contribution in [0.2, 0.25) is 0 Å². The summed E-state index contributed by atoms with van der Waals surface area (Å²) in [7, 11) is 0. The first kappa shape index (κ1) is 16.7. The van der Waals surface area contributed by atoms with Crippen molar-refractivity contribution >= 4 is 29.1 Å². The summed E-state index contributed by atoms with van der Waals surface area (Å²) in [5.41, 5.74) is 6.64. The number of hydrogen-bond acceptors (Lipinski definition) is 4. The maximum absolute atomic E-state index is 12.4. The van der Waals surface area contributed by atoms with Crippen molar-refractivity contribution in [2.24, 2.45) is 5.73 Å². The van der Waals surface area contributed by atoms with Gasteiger partial charge in [0.2, 0.25) is 5.91 Å². The normalized spacial score (nSPS) is 11.7. The molecule has 2 aromatic rings.